The highest BCUT2D eigenvalue weighted by atomic mass is 16.4. The number of aromatic carboxylic acids is 1. The van der Waals surface area contributed by atoms with Gasteiger partial charge in [0.2, 0.25) is 0 Å². The predicted molar refractivity (Wildman–Crippen MR) is 162 cm³/mol. The van der Waals surface area contributed by atoms with Gasteiger partial charge in [-0.2, -0.15) is 0 Å². The van der Waals surface area contributed by atoms with Crippen molar-refractivity contribution in [2.75, 3.05) is 30.9 Å². The van der Waals surface area contributed by atoms with E-state index in [9.17, 15) is 9.90 Å². The van der Waals surface area contributed by atoms with E-state index in [0.717, 1.165) is 36.2 Å². The molecular formula is C34H42N2O3. The third kappa shape index (κ3) is 6.20. The van der Waals surface area contributed by atoms with Crippen molar-refractivity contribution in [2.24, 2.45) is 0 Å². The van der Waals surface area contributed by atoms with Crippen LogP contribution in [0.1, 0.15) is 84.8 Å². The molecular weight excluding hydrogens is 484 g/mol. The number of nitrogens with zero attached hydrogens (tertiary/aromatic N) is 2. The predicted octanol–water partition coefficient (Wildman–Crippen LogP) is 7.18. The maximum atomic E-state index is 11.3. The molecule has 0 amide bonds. The standard InChI is InChI=1S/C34H42N2O3/c1-33(2)18-19-34(3,4)31-28(33)20-26(30(37)17-12-23-8-13-25(14-9-23)32(38)39)21-29(31)36(7)22-24-10-15-27(16-11-24)35(5)6/h8-17,20-21,30,37H,18-19,22H2,1-7H3,(H,38,39). The zero-order valence-corrected chi connectivity index (χ0v) is 24.3. The van der Waals surface area contributed by atoms with Crippen LogP contribution in [-0.4, -0.2) is 37.3 Å². The van der Waals surface area contributed by atoms with E-state index in [4.69, 9.17) is 5.11 Å². The molecule has 5 nitrogen and oxygen atoms in total. The van der Waals surface area contributed by atoms with Gasteiger partial charge in [-0.1, -0.05) is 70.2 Å². The first-order valence-electron chi connectivity index (χ1n) is 13.6. The number of hydrogen-bond donors (Lipinski definition) is 2. The van der Waals surface area contributed by atoms with Crippen LogP contribution in [0, 0.1) is 0 Å². The number of aliphatic hydroxyl groups is 1. The molecule has 3 aromatic rings. The van der Waals surface area contributed by atoms with E-state index >= 15 is 0 Å². The molecule has 3 aromatic carbocycles. The molecule has 0 fully saturated rings. The summed E-state index contributed by atoms with van der Waals surface area (Å²) in [6.45, 7) is 10.0. The second kappa shape index (κ2) is 10.9. The Morgan fingerprint density at radius 1 is 0.923 bits per heavy atom. The average Bonchev–Trinajstić information content (AvgIpc) is 2.89. The number of aliphatic hydroxyl groups excluding tert-OH is 1. The average molecular weight is 527 g/mol. The van der Waals surface area contributed by atoms with Gasteiger partial charge in [0.1, 0.15) is 0 Å². The highest BCUT2D eigenvalue weighted by Gasteiger charge is 2.40. The van der Waals surface area contributed by atoms with Crippen molar-refractivity contribution < 1.29 is 15.0 Å². The Hall–Kier alpha value is -3.57. The van der Waals surface area contributed by atoms with Gasteiger partial charge in [-0.25, -0.2) is 4.79 Å². The molecule has 4 rings (SSSR count). The summed E-state index contributed by atoms with van der Waals surface area (Å²) in [4.78, 5) is 15.6. The zero-order chi connectivity index (χ0) is 28.5. The molecule has 0 aliphatic heterocycles. The van der Waals surface area contributed by atoms with Gasteiger partial charge in [-0.05, 0) is 81.8 Å². The molecule has 0 spiro atoms. The third-order valence-corrected chi connectivity index (χ3v) is 8.17. The first-order chi connectivity index (χ1) is 18.3. The Bertz CT molecular complexity index is 1350. The van der Waals surface area contributed by atoms with Crippen molar-refractivity contribution >= 4 is 23.4 Å². The topological polar surface area (TPSA) is 64.0 Å². The molecule has 5 heteroatoms. The summed E-state index contributed by atoms with van der Waals surface area (Å²) >= 11 is 0. The molecule has 1 unspecified atom stereocenters. The molecule has 39 heavy (non-hydrogen) atoms. The van der Waals surface area contributed by atoms with Crippen molar-refractivity contribution in [1.29, 1.82) is 0 Å². The second-order valence-electron chi connectivity index (χ2n) is 12.4. The third-order valence-electron chi connectivity index (χ3n) is 8.17. The Labute approximate surface area is 233 Å². The lowest BCUT2D eigenvalue weighted by Crippen LogP contribution is -2.36. The van der Waals surface area contributed by atoms with Crippen LogP contribution in [0.3, 0.4) is 0 Å². The van der Waals surface area contributed by atoms with E-state index in [1.54, 1.807) is 30.3 Å². The number of benzene rings is 3. The Morgan fingerprint density at radius 3 is 2.13 bits per heavy atom. The lowest BCUT2D eigenvalue weighted by molar-refractivity contribution is 0.0697. The van der Waals surface area contributed by atoms with Crippen LogP contribution in [0.5, 0.6) is 0 Å². The molecule has 2 N–H and O–H groups in total. The van der Waals surface area contributed by atoms with Gasteiger partial charge in [0.15, 0.2) is 0 Å². The summed E-state index contributed by atoms with van der Waals surface area (Å²) in [5.74, 6) is -0.949. The van der Waals surface area contributed by atoms with Crippen molar-refractivity contribution in [3.63, 3.8) is 0 Å². The molecule has 1 atom stereocenters. The summed E-state index contributed by atoms with van der Waals surface area (Å²) < 4.78 is 0. The van der Waals surface area contributed by atoms with Crippen LogP contribution in [-0.2, 0) is 17.4 Å². The Morgan fingerprint density at radius 2 is 1.54 bits per heavy atom. The van der Waals surface area contributed by atoms with Crippen molar-refractivity contribution in [2.45, 2.75) is 64.0 Å². The minimum Gasteiger partial charge on any atom is -0.478 e. The second-order valence-corrected chi connectivity index (χ2v) is 12.4. The van der Waals surface area contributed by atoms with Gasteiger partial charge < -0.3 is 20.0 Å². The summed E-state index contributed by atoms with van der Waals surface area (Å²) in [5, 5.41) is 20.5. The fourth-order valence-corrected chi connectivity index (χ4v) is 5.56. The van der Waals surface area contributed by atoms with E-state index in [2.05, 4.69) is 80.9 Å². The smallest absolute Gasteiger partial charge is 0.335 e. The summed E-state index contributed by atoms with van der Waals surface area (Å²) in [6, 6.07) is 19.7. The lowest BCUT2D eigenvalue weighted by Gasteiger charge is -2.44. The number of rotatable bonds is 8. The number of hydrogen-bond acceptors (Lipinski definition) is 4. The molecule has 206 valence electrons. The number of fused-ring (bicyclic) bond motifs is 1. The Kier molecular flexibility index (Phi) is 7.94. The van der Waals surface area contributed by atoms with Crippen LogP contribution >= 0.6 is 0 Å². The number of carbonyl (C=O) groups is 1. The zero-order valence-electron chi connectivity index (χ0n) is 24.3. The van der Waals surface area contributed by atoms with Gasteiger partial charge in [-0.3, -0.25) is 0 Å². The van der Waals surface area contributed by atoms with E-state index < -0.39 is 12.1 Å². The Balaban J connectivity index is 1.72. The fraction of sp³-hybridized carbons (Fsp3) is 0.382. The van der Waals surface area contributed by atoms with Gasteiger partial charge in [0.25, 0.3) is 0 Å². The minimum absolute atomic E-state index is 0.0000897. The molecule has 0 saturated carbocycles. The van der Waals surface area contributed by atoms with Crippen molar-refractivity contribution in [3.8, 4) is 0 Å². The molecule has 0 saturated heterocycles. The van der Waals surface area contributed by atoms with Gasteiger partial charge in [-0.15, -0.1) is 0 Å². The van der Waals surface area contributed by atoms with Crippen LogP contribution in [0.15, 0.2) is 66.7 Å². The first kappa shape index (κ1) is 28.4. The first-order valence-corrected chi connectivity index (χ1v) is 13.6. The van der Waals surface area contributed by atoms with Crippen LogP contribution in [0.4, 0.5) is 11.4 Å². The van der Waals surface area contributed by atoms with Crippen LogP contribution < -0.4 is 9.80 Å². The highest BCUT2D eigenvalue weighted by molar-refractivity contribution is 5.87. The summed E-state index contributed by atoms with van der Waals surface area (Å²) in [6.07, 6.45) is 5.04. The maximum absolute atomic E-state index is 11.3. The summed E-state index contributed by atoms with van der Waals surface area (Å²) in [7, 11) is 6.24. The molecule has 0 bridgehead atoms. The van der Waals surface area contributed by atoms with Gasteiger partial charge >= 0.3 is 5.97 Å². The minimum atomic E-state index is -0.949. The maximum Gasteiger partial charge on any atom is 0.335 e. The number of carboxylic acids is 1. The van der Waals surface area contributed by atoms with Crippen LogP contribution in [0.2, 0.25) is 0 Å². The highest BCUT2D eigenvalue weighted by Crippen LogP contribution is 2.50. The van der Waals surface area contributed by atoms with E-state index in [0.29, 0.717) is 0 Å². The molecule has 0 aromatic heterocycles. The van der Waals surface area contributed by atoms with Gasteiger partial charge in [0.05, 0.1) is 11.7 Å². The lowest BCUT2D eigenvalue weighted by atomic mass is 9.62. The fourth-order valence-electron chi connectivity index (χ4n) is 5.56. The van der Waals surface area contributed by atoms with Gasteiger partial charge in [0, 0.05) is 39.1 Å². The number of carboxylic acid groups (broad SMARTS) is 1. The van der Waals surface area contributed by atoms with E-state index in [1.165, 1.54) is 22.4 Å². The normalized spacial score (nSPS) is 16.5. The molecule has 0 radical (unpaired) electrons. The monoisotopic (exact) mass is 526 g/mol. The van der Waals surface area contributed by atoms with E-state index in [-0.39, 0.29) is 16.4 Å². The van der Waals surface area contributed by atoms with E-state index in [1.807, 2.05) is 20.2 Å². The van der Waals surface area contributed by atoms with Crippen molar-refractivity contribution in [1.82, 2.24) is 0 Å². The largest absolute Gasteiger partial charge is 0.478 e. The molecule has 1 aliphatic carbocycles. The number of anilines is 2. The van der Waals surface area contributed by atoms with Crippen molar-refractivity contribution in [3.05, 3.63) is 100 Å². The van der Waals surface area contributed by atoms with Crippen LogP contribution in [0.25, 0.3) is 6.08 Å². The molecule has 1 aliphatic rings. The SMILES string of the molecule is CN(C)c1ccc(CN(C)c2cc(C(O)C=Cc3ccc(C(=O)O)cc3)cc3c2C(C)(C)CCC3(C)C)cc1. The quantitative estimate of drug-likeness (QED) is 0.325. The molecule has 0 heterocycles. The summed E-state index contributed by atoms with van der Waals surface area (Å²) in [5.41, 5.74) is 8.23.